The minimum atomic E-state index is -0.0326. The highest BCUT2D eigenvalue weighted by molar-refractivity contribution is 6.30. The van der Waals surface area contributed by atoms with Crippen molar-refractivity contribution < 1.29 is 0 Å². The fraction of sp³-hybridized carbons (Fsp3) is 0.200. The summed E-state index contributed by atoms with van der Waals surface area (Å²) in [5, 5.41) is 0.702. The lowest BCUT2D eigenvalue weighted by Crippen LogP contribution is -1.97. The molecule has 0 aliphatic rings. The van der Waals surface area contributed by atoms with Gasteiger partial charge in [-0.3, -0.25) is 0 Å². The Balaban J connectivity index is 2.17. The van der Waals surface area contributed by atoms with E-state index in [-0.39, 0.29) is 5.38 Å². The highest BCUT2D eigenvalue weighted by atomic mass is 35.5. The van der Waals surface area contributed by atoms with Gasteiger partial charge < -0.3 is 0 Å². The van der Waals surface area contributed by atoms with Gasteiger partial charge in [-0.2, -0.15) is 0 Å². The number of benzene rings is 2. The Kier molecular flexibility index (Phi) is 4.09. The van der Waals surface area contributed by atoms with Crippen LogP contribution in [0.2, 0.25) is 5.02 Å². The lowest BCUT2D eigenvalue weighted by Gasteiger charge is -2.12. The average molecular weight is 265 g/mol. The first-order valence-corrected chi connectivity index (χ1v) is 6.42. The van der Waals surface area contributed by atoms with E-state index in [0.717, 1.165) is 17.0 Å². The maximum atomic E-state index is 6.43. The minimum absolute atomic E-state index is 0.0326. The Morgan fingerprint density at radius 2 is 1.82 bits per heavy atom. The fourth-order valence-electron chi connectivity index (χ4n) is 1.85. The lowest BCUT2D eigenvalue weighted by molar-refractivity contribution is 0.911. The van der Waals surface area contributed by atoms with E-state index < -0.39 is 0 Å². The molecule has 1 unspecified atom stereocenters. The van der Waals surface area contributed by atoms with Gasteiger partial charge in [0.15, 0.2) is 0 Å². The molecule has 2 rings (SSSR count). The van der Waals surface area contributed by atoms with Crippen molar-refractivity contribution in [2.45, 2.75) is 18.7 Å². The number of aryl methyl sites for hydroxylation is 1. The first-order valence-electron chi connectivity index (χ1n) is 5.61. The van der Waals surface area contributed by atoms with E-state index in [1.807, 2.05) is 36.4 Å². The van der Waals surface area contributed by atoms with E-state index in [2.05, 4.69) is 19.1 Å². The summed E-state index contributed by atoms with van der Waals surface area (Å²) in [7, 11) is 0. The minimum Gasteiger partial charge on any atom is -0.117 e. The SMILES string of the molecule is Cc1ccccc1CC(Cl)c1cccc(Cl)c1. The molecule has 0 saturated carbocycles. The molecule has 0 aliphatic heterocycles. The maximum Gasteiger partial charge on any atom is 0.0626 e. The Morgan fingerprint density at radius 3 is 2.53 bits per heavy atom. The molecule has 0 nitrogen and oxygen atoms in total. The molecule has 0 saturated heterocycles. The van der Waals surface area contributed by atoms with Crippen LogP contribution in [0.1, 0.15) is 22.1 Å². The van der Waals surface area contributed by atoms with Crippen LogP contribution in [0.4, 0.5) is 0 Å². The Labute approximate surface area is 112 Å². The number of hydrogen-bond acceptors (Lipinski definition) is 0. The van der Waals surface area contributed by atoms with Crippen LogP contribution < -0.4 is 0 Å². The summed E-state index contributed by atoms with van der Waals surface area (Å²) < 4.78 is 0. The van der Waals surface area contributed by atoms with Crippen LogP contribution >= 0.6 is 23.2 Å². The van der Waals surface area contributed by atoms with Crippen molar-refractivity contribution in [1.29, 1.82) is 0 Å². The quantitative estimate of drug-likeness (QED) is 0.671. The number of alkyl halides is 1. The topological polar surface area (TPSA) is 0 Å². The van der Waals surface area contributed by atoms with Crippen molar-refractivity contribution in [3.8, 4) is 0 Å². The number of halogens is 2. The smallest absolute Gasteiger partial charge is 0.0626 e. The lowest BCUT2D eigenvalue weighted by atomic mass is 10.0. The average Bonchev–Trinajstić information content (AvgIpc) is 2.32. The van der Waals surface area contributed by atoms with E-state index >= 15 is 0 Å². The van der Waals surface area contributed by atoms with Gasteiger partial charge in [0.2, 0.25) is 0 Å². The Bertz CT molecular complexity index is 506. The first-order chi connectivity index (χ1) is 8.16. The van der Waals surface area contributed by atoms with Crippen LogP contribution in [0.15, 0.2) is 48.5 Å². The molecule has 0 aliphatic carbocycles. The molecule has 2 heteroatoms. The second-order valence-corrected chi connectivity index (χ2v) is 5.12. The van der Waals surface area contributed by atoms with Gasteiger partial charge in [0.05, 0.1) is 5.38 Å². The normalized spacial score (nSPS) is 12.4. The molecule has 88 valence electrons. The molecule has 0 N–H and O–H groups in total. The van der Waals surface area contributed by atoms with Crippen molar-refractivity contribution >= 4 is 23.2 Å². The summed E-state index contributed by atoms with van der Waals surface area (Å²) >= 11 is 12.4. The molecule has 0 spiro atoms. The van der Waals surface area contributed by atoms with Crippen molar-refractivity contribution in [2.24, 2.45) is 0 Å². The molecule has 2 aromatic carbocycles. The summed E-state index contributed by atoms with van der Waals surface area (Å²) in [6.07, 6.45) is 0.828. The maximum absolute atomic E-state index is 6.43. The van der Waals surface area contributed by atoms with Crippen LogP contribution in [0, 0.1) is 6.92 Å². The van der Waals surface area contributed by atoms with E-state index in [1.165, 1.54) is 11.1 Å². The monoisotopic (exact) mass is 264 g/mol. The molecule has 0 bridgehead atoms. The molecular formula is C15H14Cl2. The molecule has 0 heterocycles. The fourth-order valence-corrected chi connectivity index (χ4v) is 2.35. The zero-order chi connectivity index (χ0) is 12.3. The second-order valence-electron chi connectivity index (χ2n) is 4.15. The van der Waals surface area contributed by atoms with Crippen molar-refractivity contribution in [3.05, 3.63) is 70.2 Å². The molecule has 17 heavy (non-hydrogen) atoms. The van der Waals surface area contributed by atoms with Gasteiger partial charge in [0, 0.05) is 5.02 Å². The molecule has 0 amide bonds. The van der Waals surface area contributed by atoms with E-state index in [9.17, 15) is 0 Å². The zero-order valence-corrected chi connectivity index (χ0v) is 11.2. The highest BCUT2D eigenvalue weighted by Crippen LogP contribution is 2.27. The van der Waals surface area contributed by atoms with Crippen LogP contribution in [-0.4, -0.2) is 0 Å². The summed E-state index contributed by atoms with van der Waals surface area (Å²) in [6, 6.07) is 16.1. The molecule has 0 aromatic heterocycles. The van der Waals surface area contributed by atoms with Gasteiger partial charge in [-0.15, -0.1) is 11.6 Å². The van der Waals surface area contributed by atoms with Crippen LogP contribution in [0.3, 0.4) is 0 Å². The van der Waals surface area contributed by atoms with Crippen molar-refractivity contribution in [3.63, 3.8) is 0 Å². The van der Waals surface area contributed by atoms with Crippen molar-refractivity contribution in [2.75, 3.05) is 0 Å². The zero-order valence-electron chi connectivity index (χ0n) is 9.66. The second kappa shape index (κ2) is 5.57. The largest absolute Gasteiger partial charge is 0.117 e. The predicted molar refractivity (Wildman–Crippen MR) is 74.9 cm³/mol. The number of hydrogen-bond donors (Lipinski definition) is 0. The molecular weight excluding hydrogens is 251 g/mol. The third kappa shape index (κ3) is 3.24. The van der Waals surface area contributed by atoms with Gasteiger partial charge in [-0.05, 0) is 42.2 Å². The Hall–Kier alpha value is -0.980. The highest BCUT2D eigenvalue weighted by Gasteiger charge is 2.10. The standard InChI is InChI=1S/C15H14Cl2/c1-11-5-2-3-6-12(11)10-15(17)13-7-4-8-14(16)9-13/h2-9,15H,10H2,1H3. The van der Waals surface area contributed by atoms with Crippen molar-refractivity contribution in [1.82, 2.24) is 0 Å². The van der Waals surface area contributed by atoms with Crippen LogP contribution in [-0.2, 0) is 6.42 Å². The summed E-state index contributed by atoms with van der Waals surface area (Å²) in [6.45, 7) is 2.11. The van der Waals surface area contributed by atoms with Gasteiger partial charge in [0.1, 0.15) is 0 Å². The van der Waals surface area contributed by atoms with Gasteiger partial charge >= 0.3 is 0 Å². The van der Waals surface area contributed by atoms with E-state index in [1.54, 1.807) is 0 Å². The van der Waals surface area contributed by atoms with Crippen LogP contribution in [0.25, 0.3) is 0 Å². The third-order valence-electron chi connectivity index (χ3n) is 2.87. The summed E-state index contributed by atoms with van der Waals surface area (Å²) in [5.41, 5.74) is 3.63. The summed E-state index contributed by atoms with van der Waals surface area (Å²) in [5.74, 6) is 0. The van der Waals surface area contributed by atoms with Crippen LogP contribution in [0.5, 0.6) is 0 Å². The molecule has 0 radical (unpaired) electrons. The molecule has 2 aromatic rings. The Morgan fingerprint density at radius 1 is 1.06 bits per heavy atom. The van der Waals surface area contributed by atoms with Gasteiger partial charge in [-0.1, -0.05) is 48.0 Å². The van der Waals surface area contributed by atoms with Gasteiger partial charge in [0.25, 0.3) is 0 Å². The van der Waals surface area contributed by atoms with Gasteiger partial charge in [-0.25, -0.2) is 0 Å². The molecule has 1 atom stereocenters. The first kappa shape index (κ1) is 12.5. The number of rotatable bonds is 3. The molecule has 0 fully saturated rings. The van der Waals surface area contributed by atoms with E-state index in [0.29, 0.717) is 0 Å². The summed E-state index contributed by atoms with van der Waals surface area (Å²) in [4.78, 5) is 0. The third-order valence-corrected chi connectivity index (χ3v) is 3.51. The van der Waals surface area contributed by atoms with E-state index in [4.69, 9.17) is 23.2 Å². The predicted octanol–water partition coefficient (Wildman–Crippen LogP) is 5.17.